The molecule has 2 heterocycles. The summed E-state index contributed by atoms with van der Waals surface area (Å²) >= 11 is 0. The molecule has 7 heteroatoms. The molecule has 1 aromatic heterocycles. The Morgan fingerprint density at radius 3 is 2.95 bits per heavy atom. The predicted octanol–water partition coefficient (Wildman–Crippen LogP) is -0.0311. The highest BCUT2D eigenvalue weighted by atomic mass is 16.5. The smallest absolute Gasteiger partial charge is 0.253 e. The monoisotopic (exact) mass is 268 g/mol. The number of morpholine rings is 1. The Balaban J connectivity index is 1.96. The van der Waals surface area contributed by atoms with Crippen LogP contribution in [0.4, 0.5) is 0 Å². The van der Waals surface area contributed by atoms with E-state index in [1.54, 1.807) is 4.90 Å². The first-order chi connectivity index (χ1) is 9.24. The predicted molar refractivity (Wildman–Crippen MR) is 67.4 cm³/mol. The standard InChI is InChI=1S/C12H20N4O3/c1-3-10-14-11(19-15-10)8-16(4-2)12(17)9-7-13-5-6-18-9/h9,13H,3-8H2,1-2H3/t9-/m1/s1. The van der Waals surface area contributed by atoms with E-state index in [4.69, 9.17) is 9.26 Å². The SMILES string of the molecule is CCc1noc(CN(CC)C(=O)[C@H]2CNCCO2)n1. The maximum Gasteiger partial charge on any atom is 0.253 e. The Kier molecular flexibility index (Phi) is 4.86. The first kappa shape index (κ1) is 14.0. The van der Waals surface area contributed by atoms with E-state index in [9.17, 15) is 4.79 Å². The molecule has 7 nitrogen and oxygen atoms in total. The number of aryl methyl sites for hydroxylation is 1. The summed E-state index contributed by atoms with van der Waals surface area (Å²) in [7, 11) is 0. The van der Waals surface area contributed by atoms with Gasteiger partial charge in [-0.1, -0.05) is 12.1 Å². The highest BCUT2D eigenvalue weighted by molar-refractivity contribution is 5.81. The number of hydrogen-bond acceptors (Lipinski definition) is 6. The Labute approximate surface area is 112 Å². The van der Waals surface area contributed by atoms with E-state index in [2.05, 4.69) is 15.5 Å². The lowest BCUT2D eigenvalue weighted by Crippen LogP contribution is -2.49. The van der Waals surface area contributed by atoms with Gasteiger partial charge < -0.3 is 19.5 Å². The van der Waals surface area contributed by atoms with Crippen molar-refractivity contribution in [2.24, 2.45) is 0 Å². The van der Waals surface area contributed by atoms with Crippen LogP contribution in [-0.4, -0.2) is 53.3 Å². The van der Waals surface area contributed by atoms with Gasteiger partial charge in [0.1, 0.15) is 12.6 Å². The lowest BCUT2D eigenvalue weighted by molar-refractivity contribution is -0.146. The Morgan fingerprint density at radius 1 is 1.53 bits per heavy atom. The van der Waals surface area contributed by atoms with Gasteiger partial charge in [0.05, 0.1) is 6.61 Å². The third-order valence-electron chi connectivity index (χ3n) is 3.05. The van der Waals surface area contributed by atoms with Crippen LogP contribution in [0.5, 0.6) is 0 Å². The zero-order valence-corrected chi connectivity index (χ0v) is 11.4. The Morgan fingerprint density at radius 2 is 2.37 bits per heavy atom. The number of carbonyl (C=O) groups excluding carboxylic acids is 1. The van der Waals surface area contributed by atoms with Gasteiger partial charge in [-0.15, -0.1) is 0 Å². The van der Waals surface area contributed by atoms with Crippen LogP contribution in [0.3, 0.4) is 0 Å². The van der Waals surface area contributed by atoms with Gasteiger partial charge in [0.15, 0.2) is 5.82 Å². The minimum Gasteiger partial charge on any atom is -0.366 e. The van der Waals surface area contributed by atoms with Crippen molar-refractivity contribution in [3.63, 3.8) is 0 Å². The third-order valence-corrected chi connectivity index (χ3v) is 3.05. The Bertz CT molecular complexity index is 415. The molecule has 0 aliphatic carbocycles. The van der Waals surface area contributed by atoms with Crippen molar-refractivity contribution in [1.29, 1.82) is 0 Å². The highest BCUT2D eigenvalue weighted by Crippen LogP contribution is 2.08. The summed E-state index contributed by atoms with van der Waals surface area (Å²) in [5.74, 6) is 1.09. The first-order valence-electron chi connectivity index (χ1n) is 6.67. The van der Waals surface area contributed by atoms with E-state index < -0.39 is 6.10 Å². The number of hydrogen-bond donors (Lipinski definition) is 1. The molecule has 1 atom stereocenters. The second-order valence-corrected chi connectivity index (χ2v) is 4.37. The minimum absolute atomic E-state index is 0.0362. The molecule has 1 N–H and O–H groups in total. The average molecular weight is 268 g/mol. The van der Waals surface area contributed by atoms with Crippen molar-refractivity contribution in [3.05, 3.63) is 11.7 Å². The van der Waals surface area contributed by atoms with E-state index in [0.29, 0.717) is 38.0 Å². The zero-order chi connectivity index (χ0) is 13.7. The zero-order valence-electron chi connectivity index (χ0n) is 11.4. The summed E-state index contributed by atoms with van der Waals surface area (Å²) in [6.45, 7) is 6.71. The van der Waals surface area contributed by atoms with Crippen molar-refractivity contribution in [3.8, 4) is 0 Å². The summed E-state index contributed by atoms with van der Waals surface area (Å²) in [6, 6.07) is 0. The lowest BCUT2D eigenvalue weighted by Gasteiger charge is -2.28. The van der Waals surface area contributed by atoms with Crippen molar-refractivity contribution < 1.29 is 14.1 Å². The molecule has 1 aliphatic heterocycles. The van der Waals surface area contributed by atoms with Crippen LogP contribution in [0.2, 0.25) is 0 Å². The molecule has 1 aliphatic rings. The van der Waals surface area contributed by atoms with Gasteiger partial charge in [0, 0.05) is 26.1 Å². The average Bonchev–Trinajstić information content (AvgIpc) is 2.92. The summed E-state index contributed by atoms with van der Waals surface area (Å²) in [4.78, 5) is 18.2. The number of amides is 1. The summed E-state index contributed by atoms with van der Waals surface area (Å²) in [5.41, 5.74) is 0. The largest absolute Gasteiger partial charge is 0.366 e. The van der Waals surface area contributed by atoms with Crippen molar-refractivity contribution in [1.82, 2.24) is 20.4 Å². The normalized spacial score (nSPS) is 19.4. The van der Waals surface area contributed by atoms with Crippen LogP contribution in [0.15, 0.2) is 4.52 Å². The van der Waals surface area contributed by atoms with Gasteiger partial charge in [-0.3, -0.25) is 4.79 Å². The molecule has 0 aromatic carbocycles. The van der Waals surface area contributed by atoms with Gasteiger partial charge in [0.2, 0.25) is 5.89 Å². The fraction of sp³-hybridized carbons (Fsp3) is 0.750. The maximum atomic E-state index is 12.3. The molecular formula is C12H20N4O3. The van der Waals surface area contributed by atoms with E-state index >= 15 is 0 Å². The first-order valence-corrected chi connectivity index (χ1v) is 6.67. The van der Waals surface area contributed by atoms with Crippen LogP contribution in [0.1, 0.15) is 25.6 Å². The second-order valence-electron chi connectivity index (χ2n) is 4.37. The van der Waals surface area contributed by atoms with E-state index in [1.165, 1.54) is 0 Å². The molecule has 0 saturated carbocycles. The molecular weight excluding hydrogens is 248 g/mol. The van der Waals surface area contributed by atoms with Crippen LogP contribution >= 0.6 is 0 Å². The second kappa shape index (κ2) is 6.63. The number of likely N-dealkylation sites (N-methyl/N-ethyl adjacent to an activating group) is 1. The number of ether oxygens (including phenoxy) is 1. The highest BCUT2D eigenvalue weighted by Gasteiger charge is 2.27. The number of aromatic nitrogens is 2. The number of rotatable bonds is 5. The van der Waals surface area contributed by atoms with Crippen LogP contribution < -0.4 is 5.32 Å². The molecule has 0 radical (unpaired) electrons. The number of nitrogens with one attached hydrogen (secondary N) is 1. The van der Waals surface area contributed by atoms with Crippen LogP contribution in [-0.2, 0) is 22.5 Å². The van der Waals surface area contributed by atoms with E-state index in [1.807, 2.05) is 13.8 Å². The van der Waals surface area contributed by atoms with Crippen molar-refractivity contribution in [2.75, 3.05) is 26.2 Å². The van der Waals surface area contributed by atoms with Gasteiger partial charge in [-0.25, -0.2) is 0 Å². The van der Waals surface area contributed by atoms with Gasteiger partial charge >= 0.3 is 0 Å². The number of carbonyl (C=O) groups is 1. The maximum absolute atomic E-state index is 12.3. The molecule has 0 bridgehead atoms. The molecule has 1 amide bonds. The van der Waals surface area contributed by atoms with E-state index in [0.717, 1.165) is 13.0 Å². The third kappa shape index (κ3) is 3.51. The molecule has 106 valence electrons. The molecule has 0 spiro atoms. The van der Waals surface area contributed by atoms with E-state index in [-0.39, 0.29) is 5.91 Å². The summed E-state index contributed by atoms with van der Waals surface area (Å²) < 4.78 is 10.6. The molecule has 1 saturated heterocycles. The lowest BCUT2D eigenvalue weighted by atomic mass is 10.2. The van der Waals surface area contributed by atoms with Crippen molar-refractivity contribution >= 4 is 5.91 Å². The molecule has 1 fully saturated rings. The van der Waals surface area contributed by atoms with Gasteiger partial charge in [0.25, 0.3) is 5.91 Å². The molecule has 1 aromatic rings. The quantitative estimate of drug-likeness (QED) is 0.807. The summed E-state index contributed by atoms with van der Waals surface area (Å²) in [5, 5.41) is 6.97. The van der Waals surface area contributed by atoms with Crippen molar-refractivity contribution in [2.45, 2.75) is 32.9 Å². The molecule has 2 rings (SSSR count). The van der Waals surface area contributed by atoms with Gasteiger partial charge in [-0.2, -0.15) is 4.98 Å². The fourth-order valence-electron chi connectivity index (χ4n) is 1.93. The fourth-order valence-corrected chi connectivity index (χ4v) is 1.93. The Hall–Kier alpha value is -1.47. The van der Waals surface area contributed by atoms with Crippen LogP contribution in [0, 0.1) is 0 Å². The minimum atomic E-state index is -0.415. The molecule has 19 heavy (non-hydrogen) atoms. The molecule has 0 unspecified atom stereocenters. The topological polar surface area (TPSA) is 80.5 Å². The number of nitrogens with zero attached hydrogens (tertiary/aromatic N) is 3. The van der Waals surface area contributed by atoms with Gasteiger partial charge in [-0.05, 0) is 6.92 Å². The summed E-state index contributed by atoms with van der Waals surface area (Å²) in [6.07, 6.45) is 0.307. The van der Waals surface area contributed by atoms with Crippen LogP contribution in [0.25, 0.3) is 0 Å².